The lowest BCUT2D eigenvalue weighted by atomic mass is 10.0. The van der Waals surface area contributed by atoms with Gasteiger partial charge in [0.2, 0.25) is 0 Å². The third-order valence-electron chi connectivity index (χ3n) is 4.17. The van der Waals surface area contributed by atoms with Crippen molar-refractivity contribution in [2.24, 2.45) is 0 Å². The normalized spacial score (nSPS) is 10.3. The molecule has 27 heavy (non-hydrogen) atoms. The van der Waals surface area contributed by atoms with E-state index >= 15 is 0 Å². The summed E-state index contributed by atoms with van der Waals surface area (Å²) in [6, 6.07) is 10.0. The molecule has 0 aliphatic heterocycles. The van der Waals surface area contributed by atoms with Crippen LogP contribution in [0.2, 0.25) is 0 Å². The van der Waals surface area contributed by atoms with E-state index in [2.05, 4.69) is 4.98 Å². The number of nitro benzene ring substituents is 1. The number of nitro groups is 1. The molecule has 0 saturated heterocycles. The van der Waals surface area contributed by atoms with Crippen molar-refractivity contribution in [2.45, 2.75) is 20.3 Å². The molecule has 0 atom stereocenters. The predicted octanol–water partition coefficient (Wildman–Crippen LogP) is 5.05. The zero-order valence-electron chi connectivity index (χ0n) is 14.6. The van der Waals surface area contributed by atoms with Crippen LogP contribution in [-0.2, 0) is 6.42 Å². The van der Waals surface area contributed by atoms with Gasteiger partial charge >= 0.3 is 5.97 Å². The molecule has 1 aromatic heterocycles. The second-order valence-electron chi connectivity index (χ2n) is 6.01. The second-order valence-corrected chi connectivity index (χ2v) is 6.95. The first-order valence-corrected chi connectivity index (χ1v) is 8.76. The molecular weight excluding hydrogens is 388 g/mol. The number of thiazole rings is 1. The Hall–Kier alpha value is -2.77. The van der Waals surface area contributed by atoms with Gasteiger partial charge in [0, 0.05) is 29.0 Å². The van der Waals surface area contributed by atoms with Crippen molar-refractivity contribution in [1.82, 2.24) is 4.98 Å². The maximum atomic E-state index is 11.0. The second kappa shape index (κ2) is 8.28. The van der Waals surface area contributed by atoms with Gasteiger partial charge in [-0.3, -0.25) is 10.1 Å². The molecule has 0 saturated carbocycles. The van der Waals surface area contributed by atoms with E-state index in [1.165, 1.54) is 11.3 Å². The standard InChI is InChI=1S/C19H16N2O4S.ClH/c1-11-8-17(21(24)25)12(2)7-15(11)9-18-20-16(10-26-18)13-3-5-14(6-4-13)19(22)23;/h3-8,10H,9H2,1-2H3,(H,22,23);1H. The molecule has 1 heterocycles. The molecule has 0 amide bonds. The first-order valence-electron chi connectivity index (χ1n) is 7.88. The van der Waals surface area contributed by atoms with Gasteiger partial charge in [0.1, 0.15) is 0 Å². The van der Waals surface area contributed by atoms with E-state index in [1.54, 1.807) is 37.3 Å². The van der Waals surface area contributed by atoms with Crippen molar-refractivity contribution in [2.75, 3.05) is 0 Å². The summed E-state index contributed by atoms with van der Waals surface area (Å²) in [5, 5.41) is 22.8. The zero-order chi connectivity index (χ0) is 18.8. The molecule has 8 heteroatoms. The summed E-state index contributed by atoms with van der Waals surface area (Å²) in [6.07, 6.45) is 0.600. The van der Waals surface area contributed by atoms with Gasteiger partial charge in [-0.15, -0.1) is 23.7 Å². The minimum Gasteiger partial charge on any atom is -0.478 e. The number of hydrogen-bond donors (Lipinski definition) is 1. The van der Waals surface area contributed by atoms with Crippen LogP contribution in [0.15, 0.2) is 41.8 Å². The molecule has 0 aliphatic rings. The Morgan fingerprint density at radius 1 is 1.19 bits per heavy atom. The molecule has 0 radical (unpaired) electrons. The zero-order valence-corrected chi connectivity index (χ0v) is 16.3. The maximum absolute atomic E-state index is 11.0. The van der Waals surface area contributed by atoms with E-state index < -0.39 is 5.97 Å². The largest absolute Gasteiger partial charge is 0.478 e. The van der Waals surface area contributed by atoms with Gasteiger partial charge in [0.15, 0.2) is 0 Å². The highest BCUT2D eigenvalue weighted by atomic mass is 35.5. The van der Waals surface area contributed by atoms with E-state index in [-0.39, 0.29) is 28.6 Å². The Morgan fingerprint density at radius 3 is 2.44 bits per heavy atom. The van der Waals surface area contributed by atoms with Gasteiger partial charge in [0.25, 0.3) is 5.69 Å². The lowest BCUT2D eigenvalue weighted by molar-refractivity contribution is -0.385. The topological polar surface area (TPSA) is 93.3 Å². The summed E-state index contributed by atoms with van der Waals surface area (Å²) in [4.78, 5) is 26.2. The quantitative estimate of drug-likeness (QED) is 0.474. The van der Waals surface area contributed by atoms with Crippen LogP contribution in [0.4, 0.5) is 5.69 Å². The van der Waals surface area contributed by atoms with Crippen molar-refractivity contribution in [3.05, 3.63) is 79.2 Å². The summed E-state index contributed by atoms with van der Waals surface area (Å²) in [7, 11) is 0. The molecular formula is C19H17ClN2O4S. The monoisotopic (exact) mass is 404 g/mol. The fourth-order valence-corrected chi connectivity index (χ4v) is 3.55. The van der Waals surface area contributed by atoms with Gasteiger partial charge in [0.05, 0.1) is 21.2 Å². The van der Waals surface area contributed by atoms with Crippen LogP contribution in [0.3, 0.4) is 0 Å². The number of rotatable bonds is 5. The van der Waals surface area contributed by atoms with Gasteiger partial charge in [-0.25, -0.2) is 9.78 Å². The molecule has 0 aliphatic carbocycles. The summed E-state index contributed by atoms with van der Waals surface area (Å²) in [5.74, 6) is -0.959. The Balaban J connectivity index is 0.00000261. The number of nitrogens with zero attached hydrogens (tertiary/aromatic N) is 2. The molecule has 140 valence electrons. The van der Waals surface area contributed by atoms with Gasteiger partial charge in [-0.2, -0.15) is 0 Å². The van der Waals surface area contributed by atoms with Gasteiger partial charge in [-0.1, -0.05) is 12.1 Å². The van der Waals surface area contributed by atoms with Gasteiger partial charge in [-0.05, 0) is 43.2 Å². The third-order valence-corrected chi connectivity index (χ3v) is 5.02. The molecule has 2 aromatic carbocycles. The van der Waals surface area contributed by atoms with Gasteiger partial charge < -0.3 is 5.11 Å². The Morgan fingerprint density at radius 2 is 1.85 bits per heavy atom. The van der Waals surface area contributed by atoms with E-state index in [1.807, 2.05) is 18.4 Å². The highest BCUT2D eigenvalue weighted by Gasteiger charge is 2.15. The summed E-state index contributed by atoms with van der Waals surface area (Å²) >= 11 is 1.51. The Labute approximate surface area is 166 Å². The number of carboxylic acid groups (broad SMARTS) is 1. The lowest BCUT2D eigenvalue weighted by Gasteiger charge is -2.06. The van der Waals surface area contributed by atoms with Crippen LogP contribution in [0.5, 0.6) is 0 Å². The molecule has 0 spiro atoms. The van der Waals surface area contributed by atoms with E-state index in [0.717, 1.165) is 27.4 Å². The highest BCUT2D eigenvalue weighted by Crippen LogP contribution is 2.27. The van der Waals surface area contributed by atoms with Crippen LogP contribution >= 0.6 is 23.7 Å². The average Bonchev–Trinajstić information content (AvgIpc) is 3.06. The first-order chi connectivity index (χ1) is 12.3. The summed E-state index contributed by atoms with van der Waals surface area (Å²) in [5.41, 5.74) is 4.52. The molecule has 1 N–H and O–H groups in total. The fraction of sp³-hybridized carbons (Fsp3) is 0.158. The minimum absolute atomic E-state index is 0. The van der Waals surface area contributed by atoms with Crippen molar-refractivity contribution in [1.29, 1.82) is 0 Å². The number of carboxylic acids is 1. The molecule has 3 aromatic rings. The predicted molar refractivity (Wildman–Crippen MR) is 107 cm³/mol. The number of hydrogen-bond acceptors (Lipinski definition) is 5. The van der Waals surface area contributed by atoms with E-state index in [9.17, 15) is 14.9 Å². The van der Waals surface area contributed by atoms with Crippen molar-refractivity contribution in [3.8, 4) is 11.3 Å². The molecule has 3 rings (SSSR count). The van der Waals surface area contributed by atoms with Crippen LogP contribution in [0.25, 0.3) is 11.3 Å². The Kier molecular flexibility index (Phi) is 6.30. The van der Waals surface area contributed by atoms with E-state index in [4.69, 9.17) is 5.11 Å². The SMILES string of the molecule is Cc1cc([N+](=O)[O-])c(C)cc1Cc1nc(-c2ccc(C(=O)O)cc2)cs1.Cl. The van der Waals surface area contributed by atoms with Crippen LogP contribution in [0.1, 0.15) is 32.1 Å². The average molecular weight is 405 g/mol. The van der Waals surface area contributed by atoms with Crippen molar-refractivity contribution in [3.63, 3.8) is 0 Å². The first kappa shape index (κ1) is 20.5. The lowest BCUT2D eigenvalue weighted by Crippen LogP contribution is -1.98. The molecule has 0 bridgehead atoms. The van der Waals surface area contributed by atoms with Crippen LogP contribution in [0, 0.1) is 24.0 Å². The molecule has 6 nitrogen and oxygen atoms in total. The highest BCUT2D eigenvalue weighted by molar-refractivity contribution is 7.10. The number of aryl methyl sites for hydroxylation is 2. The van der Waals surface area contributed by atoms with E-state index in [0.29, 0.717) is 12.0 Å². The summed E-state index contributed by atoms with van der Waals surface area (Å²) in [6.45, 7) is 3.60. The summed E-state index contributed by atoms with van der Waals surface area (Å²) < 4.78 is 0. The third kappa shape index (κ3) is 4.50. The molecule has 0 fully saturated rings. The number of aromatic nitrogens is 1. The number of carbonyl (C=O) groups is 1. The minimum atomic E-state index is -0.959. The maximum Gasteiger partial charge on any atom is 0.335 e. The van der Waals surface area contributed by atoms with Crippen molar-refractivity contribution < 1.29 is 14.8 Å². The van der Waals surface area contributed by atoms with Crippen molar-refractivity contribution >= 4 is 35.4 Å². The number of benzene rings is 2. The Bertz CT molecular complexity index is 999. The number of aromatic carboxylic acids is 1. The smallest absolute Gasteiger partial charge is 0.335 e. The number of halogens is 1. The fourth-order valence-electron chi connectivity index (χ4n) is 2.72. The van der Waals surface area contributed by atoms with Crippen LogP contribution in [-0.4, -0.2) is 21.0 Å². The molecule has 0 unspecified atom stereocenters. The van der Waals surface area contributed by atoms with Crippen LogP contribution < -0.4 is 0 Å².